The summed E-state index contributed by atoms with van der Waals surface area (Å²) >= 11 is 0.938. The first-order valence-corrected chi connectivity index (χ1v) is 11.3. The third-order valence-electron chi connectivity index (χ3n) is 4.87. The van der Waals surface area contributed by atoms with Gasteiger partial charge in [0.25, 0.3) is 5.69 Å². The molecule has 36 heavy (non-hydrogen) atoms. The fourth-order valence-electron chi connectivity index (χ4n) is 3.28. The van der Waals surface area contributed by atoms with Crippen molar-refractivity contribution in [3.8, 4) is 40.8 Å². The van der Waals surface area contributed by atoms with Crippen molar-refractivity contribution >= 4 is 29.2 Å². The number of aromatic nitrogens is 3. The molecule has 3 N–H and O–H groups in total. The van der Waals surface area contributed by atoms with Crippen LogP contribution in [0.4, 0.5) is 11.5 Å². The van der Waals surface area contributed by atoms with Gasteiger partial charge < -0.3 is 25.4 Å². The molecule has 0 saturated carbocycles. The minimum absolute atomic E-state index is 0.0434. The Morgan fingerprint density at radius 2 is 1.81 bits per heavy atom. The molecular weight excluding hydrogens is 482 g/mol. The Bertz CT molecular complexity index is 1490. The molecule has 0 saturated heterocycles. The Kier molecular flexibility index (Phi) is 6.99. The van der Waals surface area contributed by atoms with E-state index in [0.717, 1.165) is 16.4 Å². The number of aryl methyl sites for hydroxylation is 1. The van der Waals surface area contributed by atoms with Gasteiger partial charge in [0.15, 0.2) is 13.0 Å². The molecule has 0 aliphatic heterocycles. The van der Waals surface area contributed by atoms with Gasteiger partial charge in [-0.05, 0) is 36.4 Å². The lowest BCUT2D eigenvalue weighted by Crippen LogP contribution is -2.32. The van der Waals surface area contributed by atoms with E-state index >= 15 is 0 Å². The summed E-state index contributed by atoms with van der Waals surface area (Å²) in [6, 6.07) is 19.9. The number of para-hydroxylation sites is 1. The number of hydrogen-bond donors (Lipinski definition) is 2. The maximum atomic E-state index is 12.6. The van der Waals surface area contributed by atoms with Crippen LogP contribution in [0.5, 0.6) is 17.4 Å². The van der Waals surface area contributed by atoms with E-state index in [2.05, 4.69) is 20.1 Å². The first-order chi connectivity index (χ1) is 17.4. The summed E-state index contributed by atoms with van der Waals surface area (Å²) in [5.41, 5.74) is 6.06. The SMILES string of the molecule is C[n+]1noc([O-])c1-c1c(C#N)c(N)nc(SCC(=O)Nc2ccc(Oc3ccccc3)cc2)c1C#N. The monoisotopic (exact) mass is 499 g/mol. The van der Waals surface area contributed by atoms with Crippen LogP contribution in [0, 0.1) is 22.7 Å². The topological polar surface area (TPSA) is 178 Å². The summed E-state index contributed by atoms with van der Waals surface area (Å²) in [7, 11) is 1.43. The molecule has 0 bridgehead atoms. The van der Waals surface area contributed by atoms with Crippen molar-refractivity contribution in [1.82, 2.24) is 10.3 Å². The highest BCUT2D eigenvalue weighted by Gasteiger charge is 2.29. The molecular formula is C24H17N7O4S. The van der Waals surface area contributed by atoms with Crippen LogP contribution in [0.25, 0.3) is 11.3 Å². The lowest BCUT2D eigenvalue weighted by molar-refractivity contribution is -0.730. The van der Waals surface area contributed by atoms with Crippen LogP contribution < -0.4 is 25.6 Å². The number of nitrogens with zero attached hydrogens (tertiary/aromatic N) is 5. The van der Waals surface area contributed by atoms with Gasteiger partial charge >= 0.3 is 0 Å². The number of hydrogen-bond acceptors (Lipinski definition) is 10. The van der Waals surface area contributed by atoms with E-state index < -0.39 is 5.95 Å². The van der Waals surface area contributed by atoms with Crippen molar-refractivity contribution in [3.05, 3.63) is 65.7 Å². The first kappa shape index (κ1) is 24.1. The molecule has 0 unspecified atom stereocenters. The minimum atomic E-state index is -0.843. The molecule has 1 amide bonds. The third kappa shape index (κ3) is 5.04. The fourth-order valence-corrected chi connectivity index (χ4v) is 4.07. The number of nitriles is 2. The Morgan fingerprint density at radius 3 is 2.42 bits per heavy atom. The summed E-state index contributed by atoms with van der Waals surface area (Å²) < 4.78 is 11.5. The molecule has 12 heteroatoms. The Labute approximate surface area is 209 Å². The Morgan fingerprint density at radius 1 is 1.14 bits per heavy atom. The standard InChI is InChI=1S/C24H17N7O4S/c1-31-21(24(33)35-30-31)20-17(11-25)22(27)29-23(18(20)12-26)36-13-19(32)28-14-7-9-16(10-8-14)34-15-5-3-2-4-6-15/h2-10H,13H2,1H3,(H3-,27,28,29,30,32,33). The first-order valence-electron chi connectivity index (χ1n) is 10.3. The number of anilines is 2. The molecule has 178 valence electrons. The van der Waals surface area contributed by atoms with Crippen LogP contribution >= 0.6 is 11.8 Å². The van der Waals surface area contributed by atoms with Gasteiger partial charge in [-0.3, -0.25) is 4.79 Å². The van der Waals surface area contributed by atoms with Crippen molar-refractivity contribution < 1.29 is 23.8 Å². The molecule has 0 aliphatic rings. The molecule has 2 aromatic heterocycles. The van der Waals surface area contributed by atoms with E-state index in [0.29, 0.717) is 17.2 Å². The maximum Gasteiger partial charge on any atom is 0.266 e. The van der Waals surface area contributed by atoms with Crippen LogP contribution in [0.2, 0.25) is 0 Å². The van der Waals surface area contributed by atoms with E-state index in [-0.39, 0.29) is 44.9 Å². The van der Waals surface area contributed by atoms with Gasteiger partial charge in [0.2, 0.25) is 5.91 Å². The molecule has 0 spiro atoms. The van der Waals surface area contributed by atoms with Crippen LogP contribution in [-0.4, -0.2) is 21.9 Å². The fraction of sp³-hybridized carbons (Fsp3) is 0.0833. The number of amides is 1. The molecule has 0 radical (unpaired) electrons. The predicted molar refractivity (Wildman–Crippen MR) is 127 cm³/mol. The molecule has 0 fully saturated rings. The van der Waals surface area contributed by atoms with Gasteiger partial charge in [0.05, 0.1) is 22.2 Å². The highest BCUT2D eigenvalue weighted by molar-refractivity contribution is 8.00. The predicted octanol–water partition coefficient (Wildman–Crippen LogP) is 2.48. The smallest absolute Gasteiger partial charge is 0.266 e. The van der Waals surface area contributed by atoms with Gasteiger partial charge in [-0.15, -0.1) is 0 Å². The lowest BCUT2D eigenvalue weighted by atomic mass is 10.0. The molecule has 4 aromatic rings. The second-order valence-corrected chi connectivity index (χ2v) is 8.22. The number of nitrogens with two attached hydrogens (primary N) is 1. The average Bonchev–Trinajstić information content (AvgIpc) is 3.21. The van der Waals surface area contributed by atoms with Crippen LogP contribution in [0.3, 0.4) is 0 Å². The molecule has 0 aliphatic carbocycles. The minimum Gasteiger partial charge on any atom is -0.539 e. The second-order valence-electron chi connectivity index (χ2n) is 7.26. The van der Waals surface area contributed by atoms with Crippen molar-refractivity contribution in [1.29, 1.82) is 10.5 Å². The number of ether oxygens (including phenoxy) is 1. The van der Waals surface area contributed by atoms with Crippen molar-refractivity contribution in [2.45, 2.75) is 5.03 Å². The second kappa shape index (κ2) is 10.5. The number of carbonyl (C=O) groups excluding carboxylic acids is 1. The van der Waals surface area contributed by atoms with E-state index in [1.165, 1.54) is 7.05 Å². The van der Waals surface area contributed by atoms with Gasteiger partial charge in [0.1, 0.15) is 40.0 Å². The van der Waals surface area contributed by atoms with E-state index in [9.17, 15) is 20.4 Å². The molecule has 11 nitrogen and oxygen atoms in total. The van der Waals surface area contributed by atoms with Gasteiger partial charge in [-0.2, -0.15) is 10.5 Å². The molecule has 2 aromatic carbocycles. The number of carbonyl (C=O) groups is 1. The number of benzene rings is 2. The maximum absolute atomic E-state index is 12.6. The van der Waals surface area contributed by atoms with Crippen molar-refractivity contribution in [2.24, 2.45) is 7.05 Å². The van der Waals surface area contributed by atoms with Gasteiger partial charge in [0, 0.05) is 5.69 Å². The molecule has 4 rings (SSSR count). The summed E-state index contributed by atoms with van der Waals surface area (Å²) in [5.74, 6) is -0.220. The van der Waals surface area contributed by atoms with Crippen LogP contribution in [0.15, 0.2) is 64.1 Å². The van der Waals surface area contributed by atoms with Crippen LogP contribution in [-0.2, 0) is 11.8 Å². The zero-order valence-electron chi connectivity index (χ0n) is 18.8. The number of nitrogen functional groups attached to an aromatic ring is 1. The van der Waals surface area contributed by atoms with Gasteiger partial charge in [-0.25, -0.2) is 4.98 Å². The largest absolute Gasteiger partial charge is 0.539 e. The van der Waals surface area contributed by atoms with E-state index in [1.54, 1.807) is 24.3 Å². The molecule has 2 heterocycles. The highest BCUT2D eigenvalue weighted by atomic mass is 32.2. The number of pyridine rings is 1. The van der Waals surface area contributed by atoms with Crippen molar-refractivity contribution in [2.75, 3.05) is 16.8 Å². The van der Waals surface area contributed by atoms with Crippen LogP contribution in [0.1, 0.15) is 11.1 Å². The van der Waals surface area contributed by atoms with E-state index in [4.69, 9.17) is 10.5 Å². The normalized spacial score (nSPS) is 10.3. The Hall–Kier alpha value is -5.07. The number of nitrogens with one attached hydrogen (secondary N) is 1. The average molecular weight is 500 g/mol. The van der Waals surface area contributed by atoms with Gasteiger partial charge in [-0.1, -0.05) is 34.6 Å². The van der Waals surface area contributed by atoms with E-state index in [1.807, 2.05) is 42.5 Å². The highest BCUT2D eigenvalue weighted by Crippen LogP contribution is 2.36. The molecule has 0 atom stereocenters. The number of thioether (sulfide) groups is 1. The summed E-state index contributed by atoms with van der Waals surface area (Å²) in [6.45, 7) is 0. The summed E-state index contributed by atoms with van der Waals surface area (Å²) in [4.78, 5) is 16.7. The van der Waals surface area contributed by atoms with Crippen molar-refractivity contribution in [3.63, 3.8) is 0 Å². The third-order valence-corrected chi connectivity index (χ3v) is 5.85. The summed E-state index contributed by atoms with van der Waals surface area (Å²) in [5, 5.41) is 37.9. The summed E-state index contributed by atoms with van der Waals surface area (Å²) in [6.07, 6.45) is 0. The zero-order valence-corrected chi connectivity index (χ0v) is 19.6. The zero-order chi connectivity index (χ0) is 25.7. The quantitative estimate of drug-likeness (QED) is 0.283. The Balaban J connectivity index is 1.50. The number of rotatable bonds is 7. The lowest BCUT2D eigenvalue weighted by Gasteiger charge is -2.11.